The Morgan fingerprint density at radius 1 is 1.22 bits per heavy atom. The minimum absolute atomic E-state index is 0.107. The molecule has 1 amide bonds. The van der Waals surface area contributed by atoms with Crippen molar-refractivity contribution in [2.45, 2.75) is 44.0 Å². The van der Waals surface area contributed by atoms with E-state index in [-0.39, 0.29) is 18.5 Å². The second kappa shape index (κ2) is 6.00. The molecule has 0 saturated carbocycles. The van der Waals surface area contributed by atoms with E-state index in [1.54, 1.807) is 4.90 Å². The van der Waals surface area contributed by atoms with Gasteiger partial charge in [0.1, 0.15) is 0 Å². The number of rotatable bonds is 2. The lowest BCUT2D eigenvalue weighted by Crippen LogP contribution is -2.32. The van der Waals surface area contributed by atoms with E-state index in [0.29, 0.717) is 12.0 Å². The highest BCUT2D eigenvalue weighted by atomic mass is 19.4. The van der Waals surface area contributed by atoms with Crippen LogP contribution in [0.4, 0.5) is 13.2 Å². The summed E-state index contributed by atoms with van der Waals surface area (Å²) in [6.07, 6.45) is -0.206. The van der Waals surface area contributed by atoms with Crippen LogP contribution in [0.2, 0.25) is 0 Å². The van der Waals surface area contributed by atoms with Gasteiger partial charge in [0.15, 0.2) is 0 Å². The Bertz CT molecular complexity index is 622. The molecule has 2 atom stereocenters. The number of benzene rings is 1. The largest absolute Gasteiger partial charge is 0.416 e. The molecule has 1 N–H and O–H groups in total. The van der Waals surface area contributed by atoms with Crippen LogP contribution in [-0.2, 0) is 11.0 Å². The molecule has 23 heavy (non-hydrogen) atoms. The molecule has 1 aromatic carbocycles. The molecule has 0 bridgehead atoms. The smallest absolute Gasteiger partial charge is 0.391 e. The summed E-state index contributed by atoms with van der Waals surface area (Å²) >= 11 is 0. The number of hydrogen-bond acceptors (Lipinski definition) is 2. The highest BCUT2D eigenvalue weighted by Crippen LogP contribution is 2.36. The van der Waals surface area contributed by atoms with Crippen LogP contribution in [-0.4, -0.2) is 28.6 Å². The molecule has 1 aliphatic heterocycles. The zero-order valence-corrected chi connectivity index (χ0v) is 12.5. The van der Waals surface area contributed by atoms with Crippen molar-refractivity contribution in [2.24, 2.45) is 0 Å². The van der Waals surface area contributed by atoms with Crippen LogP contribution in [0.15, 0.2) is 35.9 Å². The molecule has 0 unspecified atom stereocenters. The van der Waals surface area contributed by atoms with E-state index < -0.39 is 17.8 Å². The molecule has 124 valence electrons. The highest BCUT2D eigenvalue weighted by molar-refractivity contribution is 5.94. The second-order valence-corrected chi connectivity index (χ2v) is 6.10. The normalized spacial score (nSPS) is 24.9. The van der Waals surface area contributed by atoms with E-state index >= 15 is 0 Å². The molecule has 1 aliphatic carbocycles. The number of carbonyl (C=O) groups is 1. The molecule has 3 rings (SSSR count). The number of aliphatic hydroxyl groups excluding tert-OH is 1. The maximum atomic E-state index is 12.7. The fourth-order valence-electron chi connectivity index (χ4n) is 3.30. The summed E-state index contributed by atoms with van der Waals surface area (Å²) in [4.78, 5) is 14.2. The van der Waals surface area contributed by atoms with Gasteiger partial charge in [0.05, 0.1) is 17.7 Å². The summed E-state index contributed by atoms with van der Waals surface area (Å²) in [5, 5.41) is 9.91. The third kappa shape index (κ3) is 3.27. The number of halogens is 3. The number of likely N-dealkylation sites (tertiary alicyclic amines) is 1. The van der Waals surface area contributed by atoms with Crippen LogP contribution in [0.1, 0.15) is 42.9 Å². The zero-order chi connectivity index (χ0) is 16.6. The van der Waals surface area contributed by atoms with Gasteiger partial charge in [-0.1, -0.05) is 18.2 Å². The summed E-state index contributed by atoms with van der Waals surface area (Å²) in [5.41, 5.74) is 0.661. The van der Waals surface area contributed by atoms with Crippen LogP contribution >= 0.6 is 0 Å². The molecule has 1 aromatic rings. The zero-order valence-electron chi connectivity index (χ0n) is 12.5. The summed E-state index contributed by atoms with van der Waals surface area (Å²) in [5.74, 6) is -0.107. The van der Waals surface area contributed by atoms with Crippen molar-refractivity contribution >= 4 is 5.91 Å². The Balaban J connectivity index is 1.83. The molecule has 0 aromatic heterocycles. The lowest BCUT2D eigenvalue weighted by Gasteiger charge is -2.25. The third-order valence-electron chi connectivity index (χ3n) is 4.48. The van der Waals surface area contributed by atoms with Gasteiger partial charge in [-0.25, -0.2) is 0 Å². The Kier molecular flexibility index (Phi) is 4.19. The van der Waals surface area contributed by atoms with E-state index in [1.165, 1.54) is 12.1 Å². The fourth-order valence-corrected chi connectivity index (χ4v) is 3.30. The van der Waals surface area contributed by atoms with Gasteiger partial charge in [-0.3, -0.25) is 4.79 Å². The molecule has 0 radical (unpaired) electrons. The minimum atomic E-state index is -4.38. The standard InChI is InChI=1S/C17H18F3NO2/c18-17(19,20)13-7-5-11(6-8-13)15-9-14(22)10-21(15)16(23)12-3-1-2-4-12/h3,5-8,14-15,22H,1-2,4,9-10H2/t14-,15-/m1/s1. The minimum Gasteiger partial charge on any atom is -0.391 e. The lowest BCUT2D eigenvalue weighted by molar-refractivity contribution is -0.137. The summed E-state index contributed by atoms with van der Waals surface area (Å²) in [6.45, 7) is 0.224. The molecule has 2 aliphatic rings. The molecular weight excluding hydrogens is 307 g/mol. The van der Waals surface area contributed by atoms with Gasteiger partial charge in [0.25, 0.3) is 0 Å². The summed E-state index contributed by atoms with van der Waals surface area (Å²) in [6, 6.07) is 4.47. The van der Waals surface area contributed by atoms with Crippen molar-refractivity contribution in [3.05, 3.63) is 47.0 Å². The second-order valence-electron chi connectivity index (χ2n) is 6.10. The molecule has 3 nitrogen and oxygen atoms in total. The first-order valence-corrected chi connectivity index (χ1v) is 7.71. The van der Waals surface area contributed by atoms with Gasteiger partial charge in [-0.05, 0) is 43.4 Å². The van der Waals surface area contributed by atoms with Gasteiger partial charge < -0.3 is 10.0 Å². The van der Waals surface area contributed by atoms with Gasteiger partial charge >= 0.3 is 6.18 Å². The van der Waals surface area contributed by atoms with Crippen molar-refractivity contribution < 1.29 is 23.1 Å². The van der Waals surface area contributed by atoms with E-state index in [9.17, 15) is 23.1 Å². The predicted octanol–water partition coefficient (Wildman–Crippen LogP) is 3.45. The van der Waals surface area contributed by atoms with Crippen LogP contribution in [0.3, 0.4) is 0 Å². The third-order valence-corrected chi connectivity index (χ3v) is 4.48. The summed E-state index contributed by atoms with van der Waals surface area (Å²) < 4.78 is 38.0. The van der Waals surface area contributed by atoms with Crippen LogP contribution < -0.4 is 0 Å². The quantitative estimate of drug-likeness (QED) is 0.905. The monoisotopic (exact) mass is 325 g/mol. The number of amides is 1. The molecule has 0 spiro atoms. The van der Waals surface area contributed by atoms with E-state index in [0.717, 1.165) is 37.0 Å². The lowest BCUT2D eigenvalue weighted by atomic mass is 10.0. The number of alkyl halides is 3. The SMILES string of the molecule is O=C(C1=CCCC1)N1C[C@H](O)C[C@@H]1c1ccc(C(F)(F)F)cc1. The average Bonchev–Trinajstić information content (AvgIpc) is 3.15. The first-order valence-electron chi connectivity index (χ1n) is 7.71. The van der Waals surface area contributed by atoms with Crippen molar-refractivity contribution in [3.63, 3.8) is 0 Å². The number of β-amino-alcohol motifs (C(OH)–C–C–N with tert-alkyl or cyclic N) is 1. The Labute approximate surface area is 132 Å². The number of hydrogen-bond donors (Lipinski definition) is 1. The highest BCUT2D eigenvalue weighted by Gasteiger charge is 2.37. The topological polar surface area (TPSA) is 40.5 Å². The van der Waals surface area contributed by atoms with Crippen molar-refractivity contribution in [1.82, 2.24) is 4.90 Å². The Morgan fingerprint density at radius 3 is 2.48 bits per heavy atom. The number of allylic oxidation sites excluding steroid dienone is 1. The van der Waals surface area contributed by atoms with Crippen LogP contribution in [0.25, 0.3) is 0 Å². The van der Waals surface area contributed by atoms with Crippen LogP contribution in [0, 0.1) is 0 Å². The Morgan fingerprint density at radius 2 is 1.91 bits per heavy atom. The maximum absolute atomic E-state index is 12.7. The first-order chi connectivity index (χ1) is 10.9. The fraction of sp³-hybridized carbons (Fsp3) is 0.471. The number of nitrogens with zero attached hydrogens (tertiary/aromatic N) is 1. The van der Waals surface area contributed by atoms with E-state index in [1.807, 2.05) is 6.08 Å². The van der Waals surface area contributed by atoms with Crippen molar-refractivity contribution in [3.8, 4) is 0 Å². The molecular formula is C17H18F3NO2. The number of carbonyl (C=O) groups excluding carboxylic acids is 1. The van der Waals surface area contributed by atoms with E-state index in [2.05, 4.69) is 0 Å². The van der Waals surface area contributed by atoms with Gasteiger partial charge in [-0.2, -0.15) is 13.2 Å². The van der Waals surface area contributed by atoms with Crippen molar-refractivity contribution in [1.29, 1.82) is 0 Å². The van der Waals surface area contributed by atoms with Crippen LogP contribution in [0.5, 0.6) is 0 Å². The molecule has 6 heteroatoms. The number of aliphatic hydroxyl groups is 1. The molecule has 1 heterocycles. The van der Waals surface area contributed by atoms with Gasteiger partial charge in [-0.15, -0.1) is 0 Å². The van der Waals surface area contributed by atoms with E-state index in [4.69, 9.17) is 0 Å². The molecule has 1 fully saturated rings. The van der Waals surface area contributed by atoms with Gasteiger partial charge in [0.2, 0.25) is 5.91 Å². The first kappa shape index (κ1) is 16.1. The maximum Gasteiger partial charge on any atom is 0.416 e. The summed E-state index contributed by atoms with van der Waals surface area (Å²) in [7, 11) is 0. The Hall–Kier alpha value is -1.82. The molecule has 1 saturated heterocycles. The average molecular weight is 325 g/mol. The predicted molar refractivity (Wildman–Crippen MR) is 78.5 cm³/mol. The van der Waals surface area contributed by atoms with Gasteiger partial charge in [0, 0.05) is 12.1 Å². The van der Waals surface area contributed by atoms with Crippen molar-refractivity contribution in [2.75, 3.05) is 6.54 Å².